The van der Waals surface area contributed by atoms with Gasteiger partial charge in [0, 0.05) is 23.5 Å². The van der Waals surface area contributed by atoms with Gasteiger partial charge in [0.05, 0.1) is 0 Å². The third kappa shape index (κ3) is 2.72. The molecule has 0 unspecified atom stereocenters. The molecule has 4 heteroatoms. The van der Waals surface area contributed by atoms with E-state index in [1.54, 1.807) is 30.5 Å². The number of rotatable bonds is 3. The van der Waals surface area contributed by atoms with E-state index in [1.165, 1.54) is 6.07 Å². The molecular weight excluding hydrogens is 219 g/mol. The van der Waals surface area contributed by atoms with Gasteiger partial charge in [-0.05, 0) is 18.6 Å². The molecule has 0 saturated heterocycles. The number of benzene rings is 1. The highest BCUT2D eigenvalue weighted by atomic mass is 19.1. The van der Waals surface area contributed by atoms with E-state index in [9.17, 15) is 4.39 Å². The van der Waals surface area contributed by atoms with Gasteiger partial charge < -0.3 is 10.5 Å². The predicted octanol–water partition coefficient (Wildman–Crippen LogP) is 2.69. The Kier molecular flexibility index (Phi) is 3.23. The van der Waals surface area contributed by atoms with Crippen molar-refractivity contribution in [2.75, 3.05) is 5.73 Å². The van der Waals surface area contributed by atoms with Crippen LogP contribution in [0, 0.1) is 12.7 Å². The number of aromatic nitrogens is 1. The Labute approximate surface area is 99.1 Å². The largest absolute Gasteiger partial charge is 0.473 e. The van der Waals surface area contributed by atoms with Gasteiger partial charge in [0.1, 0.15) is 12.4 Å². The number of anilines is 1. The lowest BCUT2D eigenvalue weighted by Crippen LogP contribution is -2.01. The molecule has 0 amide bonds. The van der Waals surface area contributed by atoms with E-state index in [0.717, 1.165) is 5.56 Å². The zero-order chi connectivity index (χ0) is 12.3. The average Bonchev–Trinajstić information content (AvgIpc) is 2.32. The average molecular weight is 232 g/mol. The van der Waals surface area contributed by atoms with Gasteiger partial charge in [-0.15, -0.1) is 0 Å². The maximum atomic E-state index is 13.3. The Bertz CT molecular complexity index is 529. The second kappa shape index (κ2) is 4.82. The smallest absolute Gasteiger partial charge is 0.215 e. The minimum absolute atomic E-state index is 0.141. The number of hydrogen-bond donors (Lipinski definition) is 1. The molecular formula is C13H13FN2O. The highest BCUT2D eigenvalue weighted by Crippen LogP contribution is 2.17. The summed E-state index contributed by atoms with van der Waals surface area (Å²) in [4.78, 5) is 4.06. The fourth-order valence-electron chi connectivity index (χ4n) is 1.37. The molecule has 1 aromatic heterocycles. The number of nitrogens with zero attached hydrogens (tertiary/aromatic N) is 1. The summed E-state index contributed by atoms with van der Waals surface area (Å²) in [7, 11) is 0. The lowest BCUT2D eigenvalue weighted by molar-refractivity contribution is 0.288. The van der Waals surface area contributed by atoms with Gasteiger partial charge in [0.15, 0.2) is 0 Å². The first kappa shape index (κ1) is 11.4. The molecule has 0 atom stereocenters. The van der Waals surface area contributed by atoms with Crippen LogP contribution >= 0.6 is 0 Å². The van der Waals surface area contributed by atoms with E-state index in [1.807, 2.05) is 6.92 Å². The summed E-state index contributed by atoms with van der Waals surface area (Å²) < 4.78 is 18.7. The Morgan fingerprint density at radius 3 is 2.82 bits per heavy atom. The quantitative estimate of drug-likeness (QED) is 0.885. The van der Waals surface area contributed by atoms with Crippen molar-refractivity contribution in [1.82, 2.24) is 4.98 Å². The van der Waals surface area contributed by atoms with E-state index in [-0.39, 0.29) is 12.4 Å². The second-order valence-electron chi connectivity index (χ2n) is 3.76. The number of nitrogens with two attached hydrogens (primary N) is 1. The lowest BCUT2D eigenvalue weighted by Gasteiger charge is -2.07. The van der Waals surface area contributed by atoms with Crippen molar-refractivity contribution in [3.8, 4) is 5.88 Å². The van der Waals surface area contributed by atoms with Crippen molar-refractivity contribution < 1.29 is 9.13 Å². The van der Waals surface area contributed by atoms with Crippen LogP contribution in [-0.4, -0.2) is 4.98 Å². The van der Waals surface area contributed by atoms with E-state index in [2.05, 4.69) is 4.98 Å². The van der Waals surface area contributed by atoms with Gasteiger partial charge in [-0.1, -0.05) is 18.2 Å². The number of pyridine rings is 1. The van der Waals surface area contributed by atoms with Gasteiger partial charge in [-0.25, -0.2) is 9.37 Å². The minimum atomic E-state index is -0.285. The standard InChI is InChI=1S/C13H13FN2O/c1-9-7-16-13(6-12(9)15)17-8-10-4-2-3-5-11(10)14/h2-7H,8H2,1H3,(H2,15,16). The molecule has 88 valence electrons. The number of hydrogen-bond acceptors (Lipinski definition) is 3. The Morgan fingerprint density at radius 1 is 1.35 bits per heavy atom. The van der Waals surface area contributed by atoms with Crippen LogP contribution in [0.25, 0.3) is 0 Å². The number of aryl methyl sites for hydroxylation is 1. The van der Waals surface area contributed by atoms with Gasteiger partial charge in [0.25, 0.3) is 0 Å². The van der Waals surface area contributed by atoms with E-state index in [0.29, 0.717) is 17.1 Å². The molecule has 0 aliphatic heterocycles. The molecule has 0 saturated carbocycles. The van der Waals surface area contributed by atoms with Crippen molar-refractivity contribution in [3.05, 3.63) is 53.5 Å². The van der Waals surface area contributed by atoms with E-state index < -0.39 is 0 Å². The SMILES string of the molecule is Cc1cnc(OCc2ccccc2F)cc1N. The summed E-state index contributed by atoms with van der Waals surface area (Å²) in [5.74, 6) is 0.115. The maximum Gasteiger partial charge on any atom is 0.215 e. The molecule has 0 fully saturated rings. The van der Waals surface area contributed by atoms with Gasteiger partial charge in [-0.3, -0.25) is 0 Å². The first-order valence-corrected chi connectivity index (χ1v) is 5.25. The monoisotopic (exact) mass is 232 g/mol. The summed E-state index contributed by atoms with van der Waals surface area (Å²) >= 11 is 0. The molecule has 0 bridgehead atoms. The van der Waals surface area contributed by atoms with Crippen LogP contribution in [0.2, 0.25) is 0 Å². The first-order chi connectivity index (χ1) is 8.16. The zero-order valence-electron chi connectivity index (χ0n) is 9.48. The third-order valence-electron chi connectivity index (χ3n) is 2.45. The molecule has 0 aliphatic carbocycles. The Morgan fingerprint density at radius 2 is 2.12 bits per heavy atom. The summed E-state index contributed by atoms with van der Waals surface area (Å²) in [6.07, 6.45) is 1.63. The van der Waals surface area contributed by atoms with Gasteiger partial charge in [0.2, 0.25) is 5.88 Å². The van der Waals surface area contributed by atoms with E-state index in [4.69, 9.17) is 10.5 Å². The van der Waals surface area contributed by atoms with Crippen molar-refractivity contribution in [2.24, 2.45) is 0 Å². The van der Waals surface area contributed by atoms with Crippen molar-refractivity contribution in [2.45, 2.75) is 13.5 Å². The molecule has 1 aromatic carbocycles. The topological polar surface area (TPSA) is 48.1 Å². The molecule has 2 N–H and O–H groups in total. The zero-order valence-corrected chi connectivity index (χ0v) is 9.48. The fraction of sp³-hybridized carbons (Fsp3) is 0.154. The van der Waals surface area contributed by atoms with Crippen LogP contribution in [0.5, 0.6) is 5.88 Å². The number of nitrogen functional groups attached to an aromatic ring is 1. The van der Waals surface area contributed by atoms with Gasteiger partial charge in [-0.2, -0.15) is 0 Å². The number of ether oxygens (including phenoxy) is 1. The van der Waals surface area contributed by atoms with Crippen molar-refractivity contribution in [1.29, 1.82) is 0 Å². The third-order valence-corrected chi connectivity index (χ3v) is 2.45. The summed E-state index contributed by atoms with van der Waals surface area (Å²) in [6.45, 7) is 2.01. The van der Waals surface area contributed by atoms with Crippen LogP contribution in [0.1, 0.15) is 11.1 Å². The summed E-state index contributed by atoms with van der Waals surface area (Å²) in [5, 5.41) is 0. The molecule has 1 heterocycles. The maximum absolute atomic E-state index is 13.3. The lowest BCUT2D eigenvalue weighted by atomic mass is 10.2. The minimum Gasteiger partial charge on any atom is -0.473 e. The second-order valence-corrected chi connectivity index (χ2v) is 3.76. The molecule has 0 radical (unpaired) electrons. The molecule has 3 nitrogen and oxygen atoms in total. The summed E-state index contributed by atoms with van der Waals surface area (Å²) in [6, 6.07) is 8.11. The van der Waals surface area contributed by atoms with Gasteiger partial charge >= 0.3 is 0 Å². The predicted molar refractivity (Wildman–Crippen MR) is 64.1 cm³/mol. The highest BCUT2D eigenvalue weighted by molar-refractivity contribution is 5.47. The van der Waals surface area contributed by atoms with Crippen LogP contribution in [0.15, 0.2) is 36.5 Å². The Hall–Kier alpha value is -2.10. The molecule has 17 heavy (non-hydrogen) atoms. The van der Waals surface area contributed by atoms with Crippen LogP contribution in [0.3, 0.4) is 0 Å². The van der Waals surface area contributed by atoms with Crippen LogP contribution in [0.4, 0.5) is 10.1 Å². The molecule has 0 aliphatic rings. The summed E-state index contributed by atoms with van der Waals surface area (Å²) in [5.41, 5.74) is 7.73. The first-order valence-electron chi connectivity index (χ1n) is 5.25. The highest BCUT2D eigenvalue weighted by Gasteiger charge is 2.03. The molecule has 2 rings (SSSR count). The number of halogens is 1. The fourth-order valence-corrected chi connectivity index (χ4v) is 1.37. The molecule has 2 aromatic rings. The van der Waals surface area contributed by atoms with Crippen LogP contribution in [-0.2, 0) is 6.61 Å². The van der Waals surface area contributed by atoms with Crippen LogP contribution < -0.4 is 10.5 Å². The molecule has 0 spiro atoms. The Balaban J connectivity index is 2.08. The van der Waals surface area contributed by atoms with Crippen molar-refractivity contribution >= 4 is 5.69 Å². The van der Waals surface area contributed by atoms with E-state index >= 15 is 0 Å². The van der Waals surface area contributed by atoms with Crippen molar-refractivity contribution in [3.63, 3.8) is 0 Å². The normalized spacial score (nSPS) is 10.2.